The van der Waals surface area contributed by atoms with E-state index < -0.39 is 16.0 Å². The zero-order valence-corrected chi connectivity index (χ0v) is 17.3. The fourth-order valence-corrected chi connectivity index (χ4v) is 4.21. The number of nitrogens with zero attached hydrogens (tertiary/aromatic N) is 1. The Balaban J connectivity index is 2.18. The highest BCUT2D eigenvalue weighted by Gasteiger charge is 2.31. The Morgan fingerprint density at radius 3 is 2.18 bits per heavy atom. The summed E-state index contributed by atoms with van der Waals surface area (Å²) < 4.78 is 40.5. The minimum atomic E-state index is -3.26. The number of sulfonamides is 1. The van der Waals surface area contributed by atoms with Crippen molar-refractivity contribution < 1.29 is 32.2 Å². The van der Waals surface area contributed by atoms with Gasteiger partial charge in [-0.2, -0.15) is 0 Å². The summed E-state index contributed by atoms with van der Waals surface area (Å²) in [5.41, 5.74) is 0.387. The molecule has 0 radical (unpaired) electrons. The average Bonchev–Trinajstić information content (AvgIpc) is 2.72. The summed E-state index contributed by atoms with van der Waals surface area (Å²) in [6.07, 6.45) is 0.817. The summed E-state index contributed by atoms with van der Waals surface area (Å²) in [5.74, 6) is -0.543. The van der Waals surface area contributed by atoms with Gasteiger partial charge in [-0.25, -0.2) is 17.5 Å². The number of hydrogen-bond donors (Lipinski definition) is 1. The molecule has 1 aliphatic heterocycles. The molecule has 2 rings (SSSR count). The van der Waals surface area contributed by atoms with Crippen molar-refractivity contribution in [2.45, 2.75) is 19.8 Å². The molecule has 1 fully saturated rings. The second-order valence-electron chi connectivity index (χ2n) is 6.31. The van der Waals surface area contributed by atoms with Crippen LogP contribution >= 0.6 is 0 Å². The van der Waals surface area contributed by atoms with E-state index in [1.54, 1.807) is 6.92 Å². The van der Waals surface area contributed by atoms with Gasteiger partial charge in [0.1, 0.15) is 0 Å². The smallest absolute Gasteiger partial charge is 0.340 e. The van der Waals surface area contributed by atoms with Crippen molar-refractivity contribution in [3.63, 3.8) is 0 Å². The molecule has 1 aromatic rings. The van der Waals surface area contributed by atoms with Crippen molar-refractivity contribution in [1.29, 1.82) is 0 Å². The number of esters is 1. The van der Waals surface area contributed by atoms with Crippen molar-refractivity contribution in [1.82, 2.24) is 4.31 Å². The van der Waals surface area contributed by atoms with Gasteiger partial charge in [-0.05, 0) is 19.8 Å². The van der Waals surface area contributed by atoms with Crippen LogP contribution in [-0.4, -0.2) is 64.8 Å². The lowest BCUT2D eigenvalue weighted by molar-refractivity contribution is -0.120. The van der Waals surface area contributed by atoms with Crippen molar-refractivity contribution >= 4 is 27.6 Å². The first-order valence-electron chi connectivity index (χ1n) is 8.90. The maximum absolute atomic E-state index is 12.7. The third kappa shape index (κ3) is 4.74. The Labute approximate surface area is 165 Å². The van der Waals surface area contributed by atoms with Gasteiger partial charge < -0.3 is 19.5 Å². The van der Waals surface area contributed by atoms with Gasteiger partial charge in [-0.1, -0.05) is 0 Å². The molecule has 0 atom stereocenters. The first-order valence-corrected chi connectivity index (χ1v) is 10.5. The molecule has 1 aliphatic rings. The highest BCUT2D eigenvalue weighted by Crippen LogP contribution is 2.34. The van der Waals surface area contributed by atoms with Crippen LogP contribution in [0.15, 0.2) is 12.1 Å². The second kappa shape index (κ2) is 9.24. The first-order chi connectivity index (χ1) is 13.3. The number of methoxy groups -OCH3 is 3. The third-order valence-corrected chi connectivity index (χ3v) is 6.65. The van der Waals surface area contributed by atoms with Gasteiger partial charge in [0.05, 0.1) is 38.3 Å². The summed E-state index contributed by atoms with van der Waals surface area (Å²) in [6, 6.07) is 2.94. The van der Waals surface area contributed by atoms with E-state index in [1.165, 1.54) is 37.8 Å². The van der Waals surface area contributed by atoms with Gasteiger partial charge >= 0.3 is 5.97 Å². The van der Waals surface area contributed by atoms with Crippen molar-refractivity contribution in [2.24, 2.45) is 5.92 Å². The lowest BCUT2D eigenvalue weighted by atomic mass is 9.97. The lowest BCUT2D eigenvalue weighted by Gasteiger charge is -2.30. The topological polar surface area (TPSA) is 111 Å². The molecule has 0 aromatic heterocycles. The fourth-order valence-electron chi connectivity index (χ4n) is 3.07. The van der Waals surface area contributed by atoms with Crippen molar-refractivity contribution in [3.05, 3.63) is 17.7 Å². The standard InChI is InChI=1S/C18H26N2O7S/c1-5-28(23,24)20-8-6-12(7-9-20)17(21)19-14-11-16(26-3)15(25-2)10-13(14)18(22)27-4/h10-12H,5-9H2,1-4H3,(H,19,21). The van der Waals surface area contributed by atoms with Crippen LogP contribution in [0, 0.1) is 5.92 Å². The molecule has 0 saturated carbocycles. The normalized spacial score (nSPS) is 15.7. The van der Waals surface area contributed by atoms with E-state index in [0.717, 1.165) is 0 Å². The second-order valence-corrected chi connectivity index (χ2v) is 8.57. The predicted octanol–water partition coefficient (Wildman–Crippen LogP) is 1.49. The summed E-state index contributed by atoms with van der Waals surface area (Å²) in [7, 11) is 0.877. The number of hydrogen-bond acceptors (Lipinski definition) is 7. The molecule has 1 amide bonds. The largest absolute Gasteiger partial charge is 0.493 e. The van der Waals surface area contributed by atoms with Gasteiger partial charge in [0.2, 0.25) is 15.9 Å². The minimum absolute atomic E-state index is 0.0397. The fraction of sp³-hybridized carbons (Fsp3) is 0.556. The zero-order chi connectivity index (χ0) is 20.9. The van der Waals surface area contributed by atoms with Gasteiger partial charge in [0.25, 0.3) is 0 Å². The predicted molar refractivity (Wildman–Crippen MR) is 103 cm³/mol. The third-order valence-electron chi connectivity index (χ3n) is 4.77. The number of anilines is 1. The van der Waals surface area contributed by atoms with Crippen molar-refractivity contribution in [2.75, 3.05) is 45.5 Å². The highest BCUT2D eigenvalue weighted by molar-refractivity contribution is 7.89. The number of rotatable bonds is 7. The maximum atomic E-state index is 12.7. The molecule has 1 heterocycles. The van der Waals surface area contributed by atoms with E-state index in [-0.39, 0.29) is 28.8 Å². The summed E-state index contributed by atoms with van der Waals surface area (Å²) in [4.78, 5) is 24.8. The van der Waals surface area contributed by atoms with Crippen LogP contribution < -0.4 is 14.8 Å². The van der Waals surface area contributed by atoms with Crippen LogP contribution in [0.3, 0.4) is 0 Å². The summed E-state index contributed by atoms with van der Waals surface area (Å²) in [6.45, 7) is 2.19. The van der Waals surface area contributed by atoms with E-state index in [1.807, 2.05) is 0 Å². The van der Waals surface area contributed by atoms with Crippen LogP contribution in [0.1, 0.15) is 30.1 Å². The maximum Gasteiger partial charge on any atom is 0.340 e. The molecule has 1 saturated heterocycles. The lowest BCUT2D eigenvalue weighted by Crippen LogP contribution is -2.42. The number of benzene rings is 1. The number of carbonyl (C=O) groups excluding carboxylic acids is 2. The first kappa shape index (κ1) is 22.0. The van der Waals surface area contributed by atoms with Crippen LogP contribution in [0.4, 0.5) is 5.69 Å². The molecule has 28 heavy (non-hydrogen) atoms. The number of piperidine rings is 1. The van der Waals surface area contributed by atoms with E-state index in [2.05, 4.69) is 5.32 Å². The zero-order valence-electron chi connectivity index (χ0n) is 16.5. The molecule has 0 bridgehead atoms. The van der Waals surface area contributed by atoms with Crippen LogP contribution in [-0.2, 0) is 19.6 Å². The average molecular weight is 414 g/mol. The molecule has 10 heteroatoms. The molecule has 1 N–H and O–H groups in total. The molecular weight excluding hydrogens is 388 g/mol. The van der Waals surface area contributed by atoms with Crippen LogP contribution in [0.25, 0.3) is 0 Å². The highest BCUT2D eigenvalue weighted by atomic mass is 32.2. The molecule has 0 unspecified atom stereocenters. The molecule has 0 aliphatic carbocycles. The number of nitrogens with one attached hydrogen (secondary N) is 1. The summed E-state index contributed by atoms with van der Waals surface area (Å²) >= 11 is 0. The molecule has 156 valence electrons. The van der Waals surface area contributed by atoms with E-state index in [9.17, 15) is 18.0 Å². The van der Waals surface area contributed by atoms with Gasteiger partial charge in [0.15, 0.2) is 11.5 Å². The Kier molecular flexibility index (Phi) is 7.25. The van der Waals surface area contributed by atoms with Crippen LogP contribution in [0.5, 0.6) is 11.5 Å². The number of amides is 1. The van der Waals surface area contributed by atoms with Gasteiger partial charge in [-0.15, -0.1) is 0 Å². The van der Waals surface area contributed by atoms with Gasteiger partial charge in [-0.3, -0.25) is 4.79 Å². The Morgan fingerprint density at radius 1 is 1.11 bits per heavy atom. The van der Waals surface area contributed by atoms with E-state index in [4.69, 9.17) is 14.2 Å². The van der Waals surface area contributed by atoms with Gasteiger partial charge in [0, 0.05) is 31.1 Å². The summed E-state index contributed by atoms with van der Waals surface area (Å²) in [5, 5.41) is 2.75. The Bertz CT molecular complexity index is 831. The molecular formula is C18H26N2O7S. The van der Waals surface area contributed by atoms with E-state index in [0.29, 0.717) is 37.4 Å². The Hall–Kier alpha value is -2.33. The quantitative estimate of drug-likeness (QED) is 0.673. The number of ether oxygens (including phenoxy) is 3. The molecule has 1 aromatic carbocycles. The minimum Gasteiger partial charge on any atom is -0.493 e. The Morgan fingerprint density at radius 2 is 1.68 bits per heavy atom. The number of carbonyl (C=O) groups is 2. The van der Waals surface area contributed by atoms with E-state index >= 15 is 0 Å². The molecule has 0 spiro atoms. The molecule has 9 nitrogen and oxygen atoms in total. The SMILES string of the molecule is CCS(=O)(=O)N1CCC(C(=O)Nc2cc(OC)c(OC)cc2C(=O)OC)CC1. The van der Waals surface area contributed by atoms with Crippen LogP contribution in [0.2, 0.25) is 0 Å². The monoisotopic (exact) mass is 414 g/mol. The van der Waals surface area contributed by atoms with Crippen molar-refractivity contribution in [3.8, 4) is 11.5 Å².